The van der Waals surface area contributed by atoms with E-state index < -0.39 is 0 Å². The minimum atomic E-state index is 0.650. The van der Waals surface area contributed by atoms with Gasteiger partial charge in [-0.25, -0.2) is 0 Å². The third-order valence-corrected chi connectivity index (χ3v) is 4.28. The Hall–Kier alpha value is -0.0400. The van der Waals surface area contributed by atoms with Crippen molar-refractivity contribution < 1.29 is 4.74 Å². The molecule has 0 aliphatic carbocycles. The summed E-state index contributed by atoms with van der Waals surface area (Å²) in [6.07, 6.45) is 22.3. The van der Waals surface area contributed by atoms with Crippen LogP contribution in [0.5, 0.6) is 0 Å². The van der Waals surface area contributed by atoms with Crippen LogP contribution in [-0.2, 0) is 4.74 Å². The first-order chi connectivity index (χ1) is 9.43. The van der Waals surface area contributed by atoms with Crippen molar-refractivity contribution in [1.29, 1.82) is 0 Å². The van der Waals surface area contributed by atoms with E-state index in [2.05, 4.69) is 6.92 Å². The summed E-state index contributed by atoms with van der Waals surface area (Å²) in [6.45, 7) is 3.33. The van der Waals surface area contributed by atoms with Crippen LogP contribution in [0.1, 0.15) is 103 Å². The first-order valence-electron chi connectivity index (χ1n) is 9.05. The Bertz CT molecular complexity index is 175. The molecule has 1 rings (SSSR count). The molecule has 114 valence electrons. The fraction of sp³-hybridized carbons (Fsp3) is 1.00. The normalized spacial score (nSPS) is 17.8. The van der Waals surface area contributed by atoms with E-state index in [1.54, 1.807) is 0 Å². The molecule has 0 radical (unpaired) electrons. The molecule has 1 heterocycles. The molecular weight excluding hydrogens is 232 g/mol. The summed E-state index contributed by atoms with van der Waals surface area (Å²) < 4.78 is 5.22. The molecule has 1 fully saturated rings. The van der Waals surface area contributed by atoms with E-state index in [9.17, 15) is 0 Å². The molecule has 0 aromatic carbocycles. The van der Waals surface area contributed by atoms with Crippen LogP contribution < -0.4 is 0 Å². The second kappa shape index (κ2) is 13.0. The molecule has 1 aliphatic rings. The highest BCUT2D eigenvalue weighted by molar-refractivity contribution is 4.68. The van der Waals surface area contributed by atoms with Crippen molar-refractivity contribution in [3.05, 3.63) is 0 Å². The van der Waals surface area contributed by atoms with Gasteiger partial charge in [-0.2, -0.15) is 0 Å². The largest absolute Gasteiger partial charge is 0.373 e. The fourth-order valence-corrected chi connectivity index (χ4v) is 2.80. The van der Waals surface area contributed by atoms with Gasteiger partial charge in [-0.15, -0.1) is 0 Å². The number of hydrogen-bond acceptors (Lipinski definition) is 1. The van der Waals surface area contributed by atoms with E-state index in [1.807, 2.05) is 0 Å². The summed E-state index contributed by atoms with van der Waals surface area (Å²) >= 11 is 0. The molecule has 1 heteroatoms. The Labute approximate surface area is 121 Å². The highest BCUT2D eigenvalue weighted by Gasteiger charge is 2.20. The van der Waals surface area contributed by atoms with E-state index in [4.69, 9.17) is 4.74 Å². The molecule has 0 N–H and O–H groups in total. The van der Waals surface area contributed by atoms with E-state index in [-0.39, 0.29) is 0 Å². The van der Waals surface area contributed by atoms with Gasteiger partial charge in [0.25, 0.3) is 0 Å². The first-order valence-corrected chi connectivity index (χ1v) is 9.05. The monoisotopic (exact) mass is 268 g/mol. The number of hydrogen-bond donors (Lipinski definition) is 0. The number of epoxide rings is 1. The summed E-state index contributed by atoms with van der Waals surface area (Å²) in [4.78, 5) is 0. The van der Waals surface area contributed by atoms with Crippen LogP contribution in [0.15, 0.2) is 0 Å². The van der Waals surface area contributed by atoms with Gasteiger partial charge >= 0.3 is 0 Å². The topological polar surface area (TPSA) is 12.5 Å². The SMILES string of the molecule is CCCCCCCCCCCCCCCCC1CO1. The minimum absolute atomic E-state index is 0.650. The van der Waals surface area contributed by atoms with Gasteiger partial charge in [-0.1, -0.05) is 96.8 Å². The molecule has 0 saturated carbocycles. The predicted molar refractivity (Wildman–Crippen MR) is 84.7 cm³/mol. The summed E-state index contributed by atoms with van der Waals surface area (Å²) in [5, 5.41) is 0. The van der Waals surface area contributed by atoms with Crippen LogP contribution in [0.25, 0.3) is 0 Å². The molecule has 1 atom stereocenters. The second-order valence-electron chi connectivity index (χ2n) is 6.34. The zero-order valence-electron chi connectivity index (χ0n) is 13.3. The quantitative estimate of drug-likeness (QED) is 0.252. The molecule has 0 aromatic heterocycles. The molecule has 1 aliphatic heterocycles. The predicted octanol–water partition coefficient (Wildman–Crippen LogP) is 6.26. The van der Waals surface area contributed by atoms with Gasteiger partial charge in [0.15, 0.2) is 0 Å². The van der Waals surface area contributed by atoms with Gasteiger partial charge in [0.1, 0.15) is 0 Å². The smallest absolute Gasteiger partial charge is 0.0810 e. The molecule has 0 aromatic rings. The average molecular weight is 268 g/mol. The lowest BCUT2D eigenvalue weighted by Gasteiger charge is -2.03. The summed E-state index contributed by atoms with van der Waals surface area (Å²) in [7, 11) is 0. The van der Waals surface area contributed by atoms with Crippen LogP contribution in [0.2, 0.25) is 0 Å². The van der Waals surface area contributed by atoms with Gasteiger partial charge in [0, 0.05) is 0 Å². The van der Waals surface area contributed by atoms with Crippen molar-refractivity contribution in [3.63, 3.8) is 0 Å². The Balaban J connectivity index is 1.60. The van der Waals surface area contributed by atoms with Crippen LogP contribution >= 0.6 is 0 Å². The maximum atomic E-state index is 5.22. The van der Waals surface area contributed by atoms with Crippen LogP contribution in [-0.4, -0.2) is 12.7 Å². The lowest BCUT2D eigenvalue weighted by molar-refractivity contribution is 0.387. The minimum Gasteiger partial charge on any atom is -0.373 e. The molecule has 19 heavy (non-hydrogen) atoms. The van der Waals surface area contributed by atoms with Crippen molar-refractivity contribution in [3.8, 4) is 0 Å². The zero-order valence-corrected chi connectivity index (χ0v) is 13.3. The van der Waals surface area contributed by atoms with E-state index in [0.717, 1.165) is 6.61 Å². The highest BCUT2D eigenvalue weighted by atomic mass is 16.6. The lowest BCUT2D eigenvalue weighted by atomic mass is 10.0. The molecule has 0 spiro atoms. The van der Waals surface area contributed by atoms with Crippen LogP contribution in [0.4, 0.5) is 0 Å². The number of ether oxygens (including phenoxy) is 1. The fourth-order valence-electron chi connectivity index (χ4n) is 2.80. The standard InChI is InChI=1S/C18H36O/c1-2-3-4-5-6-7-8-9-10-11-12-13-14-15-16-18-17-19-18/h18H,2-17H2,1H3. The number of rotatable bonds is 15. The Morgan fingerprint density at radius 1 is 0.632 bits per heavy atom. The molecule has 1 saturated heterocycles. The van der Waals surface area contributed by atoms with Crippen LogP contribution in [0.3, 0.4) is 0 Å². The Morgan fingerprint density at radius 3 is 1.37 bits per heavy atom. The van der Waals surface area contributed by atoms with Crippen LogP contribution in [0, 0.1) is 0 Å². The Morgan fingerprint density at radius 2 is 1.00 bits per heavy atom. The van der Waals surface area contributed by atoms with E-state index >= 15 is 0 Å². The first kappa shape index (κ1) is 17.0. The Kier molecular flexibility index (Phi) is 11.6. The van der Waals surface area contributed by atoms with Gasteiger partial charge in [-0.3, -0.25) is 0 Å². The molecule has 1 unspecified atom stereocenters. The van der Waals surface area contributed by atoms with Crippen molar-refractivity contribution >= 4 is 0 Å². The van der Waals surface area contributed by atoms with Crippen molar-refractivity contribution in [2.45, 2.75) is 109 Å². The molecule has 0 amide bonds. The maximum Gasteiger partial charge on any atom is 0.0810 e. The van der Waals surface area contributed by atoms with E-state index in [1.165, 1.54) is 96.3 Å². The second-order valence-corrected chi connectivity index (χ2v) is 6.34. The summed E-state index contributed by atoms with van der Waals surface area (Å²) in [6, 6.07) is 0. The third kappa shape index (κ3) is 12.7. The van der Waals surface area contributed by atoms with Crippen molar-refractivity contribution in [2.75, 3.05) is 6.61 Å². The number of unbranched alkanes of at least 4 members (excludes halogenated alkanes) is 13. The van der Waals surface area contributed by atoms with Gasteiger partial charge in [0.2, 0.25) is 0 Å². The maximum absolute atomic E-state index is 5.22. The van der Waals surface area contributed by atoms with Gasteiger partial charge in [-0.05, 0) is 6.42 Å². The molecule has 1 nitrogen and oxygen atoms in total. The van der Waals surface area contributed by atoms with E-state index in [0.29, 0.717) is 6.10 Å². The third-order valence-electron chi connectivity index (χ3n) is 4.28. The van der Waals surface area contributed by atoms with Gasteiger partial charge in [0.05, 0.1) is 12.7 Å². The average Bonchev–Trinajstić information content (AvgIpc) is 3.23. The lowest BCUT2D eigenvalue weighted by Crippen LogP contribution is -1.86. The summed E-state index contributed by atoms with van der Waals surface area (Å²) in [5.74, 6) is 0. The van der Waals surface area contributed by atoms with Crippen molar-refractivity contribution in [2.24, 2.45) is 0 Å². The molecular formula is C18H36O. The molecule has 0 bridgehead atoms. The summed E-state index contributed by atoms with van der Waals surface area (Å²) in [5.41, 5.74) is 0. The van der Waals surface area contributed by atoms with Crippen molar-refractivity contribution in [1.82, 2.24) is 0 Å². The zero-order chi connectivity index (χ0) is 13.6. The highest BCUT2D eigenvalue weighted by Crippen LogP contribution is 2.18. The van der Waals surface area contributed by atoms with Gasteiger partial charge < -0.3 is 4.74 Å².